The normalized spacial score (nSPS) is 10.4. The molecule has 3 rings (SSSR count). The van der Waals surface area contributed by atoms with Gasteiger partial charge in [0.25, 0.3) is 0 Å². The zero-order chi connectivity index (χ0) is 16.9. The Morgan fingerprint density at radius 1 is 1.04 bits per heavy atom. The van der Waals surface area contributed by atoms with Gasteiger partial charge in [0.2, 0.25) is 0 Å². The summed E-state index contributed by atoms with van der Waals surface area (Å²) in [6.07, 6.45) is 0. The number of nitrogens with zero attached hydrogens (tertiary/aromatic N) is 2. The highest BCUT2D eigenvalue weighted by Crippen LogP contribution is 2.26. The number of H-pyrrole nitrogens is 1. The second-order valence-corrected chi connectivity index (χ2v) is 4.82. The molecule has 7 heteroatoms. The van der Waals surface area contributed by atoms with E-state index in [-0.39, 0.29) is 18.1 Å². The van der Waals surface area contributed by atoms with Crippen LogP contribution in [0.15, 0.2) is 48.5 Å². The topological polar surface area (TPSA) is 77.1 Å². The van der Waals surface area contributed by atoms with Crippen LogP contribution in [0.3, 0.4) is 0 Å². The van der Waals surface area contributed by atoms with Crippen molar-refractivity contribution in [3.05, 3.63) is 60.0 Å². The summed E-state index contributed by atoms with van der Waals surface area (Å²) in [6, 6.07) is 12.7. The molecule has 0 spiro atoms. The summed E-state index contributed by atoms with van der Waals surface area (Å²) in [5.74, 6) is 0.243. The Balaban J connectivity index is 1.79. The van der Waals surface area contributed by atoms with E-state index >= 15 is 0 Å². The van der Waals surface area contributed by atoms with E-state index in [2.05, 4.69) is 15.4 Å². The van der Waals surface area contributed by atoms with Crippen molar-refractivity contribution in [2.24, 2.45) is 0 Å². The predicted molar refractivity (Wildman–Crippen MR) is 84.2 cm³/mol. The van der Waals surface area contributed by atoms with Crippen LogP contribution in [0.2, 0.25) is 0 Å². The third-order valence-electron chi connectivity index (χ3n) is 3.19. The summed E-state index contributed by atoms with van der Waals surface area (Å²) in [4.78, 5) is 11.8. The Bertz CT molecular complexity index is 829. The Hall–Kier alpha value is -3.22. The van der Waals surface area contributed by atoms with Crippen LogP contribution < -0.4 is 4.74 Å². The summed E-state index contributed by atoms with van der Waals surface area (Å²) >= 11 is 0. The van der Waals surface area contributed by atoms with E-state index in [0.29, 0.717) is 22.8 Å². The van der Waals surface area contributed by atoms with Gasteiger partial charge in [-0.25, -0.2) is 9.18 Å². The van der Waals surface area contributed by atoms with Gasteiger partial charge in [-0.2, -0.15) is 10.3 Å². The van der Waals surface area contributed by atoms with Crippen LogP contribution in [0, 0.1) is 5.82 Å². The fourth-order valence-corrected chi connectivity index (χ4v) is 2.09. The highest BCUT2D eigenvalue weighted by atomic mass is 19.1. The molecule has 0 amide bonds. The SMILES string of the molecule is CCOC(=O)c1n[nH]nc1-c1ccc(Oc2ccc(F)cc2)cc1. The lowest BCUT2D eigenvalue weighted by molar-refractivity contribution is 0.0520. The van der Waals surface area contributed by atoms with Gasteiger partial charge in [-0.05, 0) is 55.5 Å². The Labute approximate surface area is 137 Å². The molecule has 0 unspecified atom stereocenters. The lowest BCUT2D eigenvalue weighted by atomic mass is 10.1. The number of hydrogen-bond donors (Lipinski definition) is 1. The number of carbonyl (C=O) groups is 1. The van der Waals surface area contributed by atoms with E-state index in [1.807, 2.05) is 0 Å². The highest BCUT2D eigenvalue weighted by Gasteiger charge is 2.18. The maximum absolute atomic E-state index is 12.9. The van der Waals surface area contributed by atoms with Crippen molar-refractivity contribution >= 4 is 5.97 Å². The van der Waals surface area contributed by atoms with Gasteiger partial charge in [0, 0.05) is 5.56 Å². The molecule has 0 aliphatic heterocycles. The minimum absolute atomic E-state index is 0.129. The van der Waals surface area contributed by atoms with Crippen molar-refractivity contribution in [3.8, 4) is 22.8 Å². The van der Waals surface area contributed by atoms with Gasteiger partial charge in [0.1, 0.15) is 23.0 Å². The minimum Gasteiger partial charge on any atom is -0.461 e. The first-order chi connectivity index (χ1) is 11.7. The molecule has 122 valence electrons. The monoisotopic (exact) mass is 327 g/mol. The van der Waals surface area contributed by atoms with Crippen LogP contribution in [0.4, 0.5) is 4.39 Å². The molecule has 3 aromatic rings. The quantitative estimate of drug-likeness (QED) is 0.725. The summed E-state index contributed by atoms with van der Waals surface area (Å²) in [7, 11) is 0. The van der Waals surface area contributed by atoms with Gasteiger partial charge in [-0.15, -0.1) is 5.10 Å². The highest BCUT2D eigenvalue weighted by molar-refractivity contribution is 5.93. The lowest BCUT2D eigenvalue weighted by Crippen LogP contribution is -2.06. The lowest BCUT2D eigenvalue weighted by Gasteiger charge is -2.06. The largest absolute Gasteiger partial charge is 0.461 e. The van der Waals surface area contributed by atoms with Crippen molar-refractivity contribution in [3.63, 3.8) is 0 Å². The summed E-state index contributed by atoms with van der Waals surface area (Å²) in [5, 5.41) is 10.3. The summed E-state index contributed by atoms with van der Waals surface area (Å²) in [5.41, 5.74) is 1.23. The van der Waals surface area contributed by atoms with Crippen molar-refractivity contribution < 1.29 is 18.7 Å². The van der Waals surface area contributed by atoms with Gasteiger partial charge >= 0.3 is 5.97 Å². The number of rotatable bonds is 5. The van der Waals surface area contributed by atoms with Crippen molar-refractivity contribution in [2.75, 3.05) is 6.61 Å². The Morgan fingerprint density at radius 2 is 1.67 bits per heavy atom. The third-order valence-corrected chi connectivity index (χ3v) is 3.19. The van der Waals surface area contributed by atoms with Crippen LogP contribution >= 0.6 is 0 Å². The number of halogens is 1. The molecule has 0 saturated carbocycles. The van der Waals surface area contributed by atoms with Gasteiger partial charge in [-0.1, -0.05) is 0 Å². The predicted octanol–water partition coefficient (Wildman–Crippen LogP) is 3.58. The summed E-state index contributed by atoms with van der Waals surface area (Å²) in [6.45, 7) is 1.98. The van der Waals surface area contributed by atoms with Gasteiger partial charge in [-0.3, -0.25) is 0 Å². The standard InChI is InChI=1S/C17H14FN3O3/c1-2-23-17(22)16-15(19-21-20-16)11-3-7-13(8-4-11)24-14-9-5-12(18)6-10-14/h3-10H,2H2,1H3,(H,19,20,21). The molecule has 0 atom stereocenters. The number of benzene rings is 2. The fraction of sp³-hybridized carbons (Fsp3) is 0.118. The first-order valence-corrected chi connectivity index (χ1v) is 7.29. The molecule has 6 nitrogen and oxygen atoms in total. The Kier molecular flexibility index (Phi) is 4.51. The van der Waals surface area contributed by atoms with E-state index in [9.17, 15) is 9.18 Å². The van der Waals surface area contributed by atoms with Crippen LogP contribution in [0.5, 0.6) is 11.5 Å². The fourth-order valence-electron chi connectivity index (χ4n) is 2.09. The minimum atomic E-state index is -0.534. The number of carbonyl (C=O) groups excluding carboxylic acids is 1. The van der Waals surface area contributed by atoms with Gasteiger partial charge in [0.15, 0.2) is 5.69 Å². The molecule has 0 fully saturated rings. The molecule has 2 aromatic carbocycles. The molecular formula is C17H14FN3O3. The number of esters is 1. The van der Waals surface area contributed by atoms with E-state index in [0.717, 1.165) is 0 Å². The molecule has 0 saturated heterocycles. The van der Waals surface area contributed by atoms with E-state index < -0.39 is 5.97 Å². The molecule has 0 aliphatic carbocycles. The maximum Gasteiger partial charge on any atom is 0.361 e. The molecule has 1 heterocycles. The van der Waals surface area contributed by atoms with Crippen molar-refractivity contribution in [1.29, 1.82) is 0 Å². The van der Waals surface area contributed by atoms with E-state index in [1.54, 1.807) is 43.3 Å². The average molecular weight is 327 g/mol. The number of nitrogens with one attached hydrogen (secondary N) is 1. The Morgan fingerprint density at radius 3 is 2.29 bits per heavy atom. The first kappa shape index (κ1) is 15.7. The number of hydrogen-bond acceptors (Lipinski definition) is 5. The van der Waals surface area contributed by atoms with Crippen LogP contribution in [0.25, 0.3) is 11.3 Å². The van der Waals surface area contributed by atoms with Crippen molar-refractivity contribution in [2.45, 2.75) is 6.92 Å². The van der Waals surface area contributed by atoms with Crippen LogP contribution in [-0.4, -0.2) is 28.0 Å². The molecule has 0 radical (unpaired) electrons. The van der Waals surface area contributed by atoms with E-state index in [4.69, 9.17) is 9.47 Å². The van der Waals surface area contributed by atoms with E-state index in [1.165, 1.54) is 12.1 Å². The van der Waals surface area contributed by atoms with Crippen LogP contribution in [0.1, 0.15) is 17.4 Å². The molecular weight excluding hydrogens is 313 g/mol. The summed E-state index contributed by atoms with van der Waals surface area (Å²) < 4.78 is 23.4. The molecule has 24 heavy (non-hydrogen) atoms. The zero-order valence-corrected chi connectivity index (χ0v) is 12.8. The molecule has 1 aromatic heterocycles. The van der Waals surface area contributed by atoms with Gasteiger partial charge in [0.05, 0.1) is 6.61 Å². The second-order valence-electron chi connectivity index (χ2n) is 4.82. The number of aromatic nitrogens is 3. The molecule has 1 N–H and O–H groups in total. The first-order valence-electron chi connectivity index (χ1n) is 7.29. The third kappa shape index (κ3) is 3.40. The molecule has 0 aliphatic rings. The van der Waals surface area contributed by atoms with Crippen molar-refractivity contribution in [1.82, 2.24) is 15.4 Å². The molecule has 0 bridgehead atoms. The number of aromatic amines is 1. The smallest absolute Gasteiger partial charge is 0.361 e. The maximum atomic E-state index is 12.9. The zero-order valence-electron chi connectivity index (χ0n) is 12.8. The van der Waals surface area contributed by atoms with Gasteiger partial charge < -0.3 is 9.47 Å². The average Bonchev–Trinajstić information content (AvgIpc) is 3.08. The van der Waals surface area contributed by atoms with Crippen LogP contribution in [-0.2, 0) is 4.74 Å². The number of ether oxygens (including phenoxy) is 2. The second kappa shape index (κ2) is 6.91.